The Labute approximate surface area is 124 Å². The van der Waals surface area contributed by atoms with Gasteiger partial charge in [0.1, 0.15) is 0 Å². The molecule has 0 fully saturated rings. The highest BCUT2D eigenvalue weighted by Crippen LogP contribution is 2.16. The van der Waals surface area contributed by atoms with Gasteiger partial charge in [0.2, 0.25) is 0 Å². The number of carbonyl (C=O) groups is 1. The molecule has 0 saturated carbocycles. The van der Waals surface area contributed by atoms with Gasteiger partial charge in [0, 0.05) is 6.54 Å². The molecular weight excluding hydrogens is 296 g/mol. The Hall–Kier alpha value is -1.48. The fourth-order valence-electron chi connectivity index (χ4n) is 1.59. The average Bonchev–Trinajstić information content (AvgIpc) is 2.78. The molecule has 0 unspecified atom stereocenters. The minimum atomic E-state index is -3.29. The highest BCUT2D eigenvalue weighted by atomic mass is 32.2. The number of hydrogen-bond donors (Lipinski definition) is 1. The first-order valence-corrected chi connectivity index (χ1v) is 8.31. The first-order valence-electron chi connectivity index (χ1n) is 6.66. The van der Waals surface area contributed by atoms with Crippen molar-refractivity contribution in [1.29, 1.82) is 0 Å². The second kappa shape index (κ2) is 6.52. The van der Waals surface area contributed by atoms with Gasteiger partial charge in [-0.1, -0.05) is 5.21 Å². The molecule has 2 N–H and O–H groups in total. The Balaban J connectivity index is 2.94. The quantitative estimate of drug-likeness (QED) is 0.740. The maximum Gasteiger partial charge on any atom is 0.360 e. The number of carbonyl (C=O) groups excluding carboxylic acids is 1. The fourth-order valence-corrected chi connectivity index (χ4v) is 2.61. The van der Waals surface area contributed by atoms with Crippen molar-refractivity contribution in [3.63, 3.8) is 0 Å². The number of aryl methyl sites for hydroxylation is 1. The summed E-state index contributed by atoms with van der Waals surface area (Å²) in [6, 6.07) is 0. The van der Waals surface area contributed by atoms with Crippen LogP contribution in [0.5, 0.6) is 0 Å². The monoisotopic (exact) mass is 318 g/mol. The number of nitrogens with zero attached hydrogens (tertiary/aromatic N) is 3. The van der Waals surface area contributed by atoms with Gasteiger partial charge in [-0.15, -0.1) is 5.10 Å². The zero-order valence-electron chi connectivity index (χ0n) is 12.8. The maximum absolute atomic E-state index is 12.1. The summed E-state index contributed by atoms with van der Waals surface area (Å²) in [6.07, 6.45) is 0. The van der Waals surface area contributed by atoms with E-state index in [9.17, 15) is 13.2 Å². The van der Waals surface area contributed by atoms with Crippen molar-refractivity contribution in [3.05, 3.63) is 11.4 Å². The highest BCUT2D eigenvalue weighted by molar-refractivity contribution is 7.92. The molecular formula is C12H22N4O4S. The van der Waals surface area contributed by atoms with Gasteiger partial charge in [0.05, 0.1) is 29.3 Å². The van der Waals surface area contributed by atoms with E-state index in [1.54, 1.807) is 27.7 Å². The third-order valence-electron chi connectivity index (χ3n) is 3.00. The summed E-state index contributed by atoms with van der Waals surface area (Å²) in [5.74, 6) is -0.711. The minimum absolute atomic E-state index is 0.0245. The van der Waals surface area contributed by atoms with Crippen LogP contribution in [0, 0.1) is 0 Å². The molecule has 0 aliphatic carbocycles. The minimum Gasteiger partial charge on any atom is -0.461 e. The lowest BCUT2D eigenvalue weighted by molar-refractivity contribution is 0.0518. The Bertz CT molecular complexity index is 601. The lowest BCUT2D eigenvalue weighted by atomic mass is 10.3. The van der Waals surface area contributed by atoms with Gasteiger partial charge in [-0.2, -0.15) is 0 Å². The summed E-state index contributed by atoms with van der Waals surface area (Å²) in [5, 5.41) is 7.53. The number of nitrogens with two attached hydrogens (primary N) is 1. The van der Waals surface area contributed by atoms with E-state index in [1.807, 2.05) is 0 Å². The fraction of sp³-hybridized carbons (Fsp3) is 0.750. The molecule has 0 bridgehead atoms. The number of ether oxygens (including phenoxy) is 1. The Morgan fingerprint density at radius 1 is 1.38 bits per heavy atom. The molecule has 0 aliphatic heterocycles. The molecule has 120 valence electrons. The molecule has 0 spiro atoms. The lowest BCUT2D eigenvalue weighted by Crippen LogP contribution is -2.32. The van der Waals surface area contributed by atoms with E-state index in [2.05, 4.69) is 10.3 Å². The number of hydrogen-bond acceptors (Lipinski definition) is 7. The topological polar surface area (TPSA) is 117 Å². The number of sulfone groups is 1. The van der Waals surface area contributed by atoms with Gasteiger partial charge < -0.3 is 10.5 Å². The molecule has 1 heterocycles. The van der Waals surface area contributed by atoms with E-state index in [0.29, 0.717) is 5.69 Å². The van der Waals surface area contributed by atoms with Crippen LogP contribution in [0.4, 0.5) is 0 Å². The number of rotatable bonds is 6. The van der Waals surface area contributed by atoms with Crippen molar-refractivity contribution in [2.75, 3.05) is 12.4 Å². The normalized spacial score (nSPS) is 12.4. The maximum atomic E-state index is 12.1. The zero-order valence-corrected chi connectivity index (χ0v) is 13.6. The molecule has 0 amide bonds. The van der Waals surface area contributed by atoms with Crippen LogP contribution < -0.4 is 5.73 Å². The van der Waals surface area contributed by atoms with Crippen LogP contribution in [0.1, 0.15) is 43.9 Å². The molecule has 0 saturated heterocycles. The standard InChI is InChI=1S/C12H22N4O4S/c1-5-20-11(17)10-9(8-13)16(15-14-10)6-7-21(18,19)12(2,3)4/h5-8,13H2,1-4H3. The summed E-state index contributed by atoms with van der Waals surface area (Å²) in [5.41, 5.74) is 6.00. The van der Waals surface area contributed by atoms with E-state index in [4.69, 9.17) is 10.5 Å². The van der Waals surface area contributed by atoms with E-state index < -0.39 is 20.6 Å². The van der Waals surface area contributed by atoms with Crippen molar-refractivity contribution >= 4 is 15.8 Å². The number of aromatic nitrogens is 3. The second-order valence-electron chi connectivity index (χ2n) is 5.46. The zero-order chi connectivity index (χ0) is 16.3. The summed E-state index contributed by atoms with van der Waals surface area (Å²) in [7, 11) is -3.29. The van der Waals surface area contributed by atoms with Crippen LogP contribution in [0.3, 0.4) is 0 Å². The van der Waals surface area contributed by atoms with Crippen LogP contribution in [0.2, 0.25) is 0 Å². The predicted octanol–water partition coefficient (Wildman–Crippen LogP) is 0.127. The van der Waals surface area contributed by atoms with Crippen LogP contribution in [0.25, 0.3) is 0 Å². The Kier molecular flexibility index (Phi) is 5.46. The first-order chi connectivity index (χ1) is 9.64. The van der Waals surface area contributed by atoms with Gasteiger partial charge in [0.15, 0.2) is 15.5 Å². The second-order valence-corrected chi connectivity index (χ2v) is 8.33. The van der Waals surface area contributed by atoms with Gasteiger partial charge in [-0.25, -0.2) is 17.9 Å². The van der Waals surface area contributed by atoms with Gasteiger partial charge in [-0.3, -0.25) is 0 Å². The molecule has 8 nitrogen and oxygen atoms in total. The molecule has 1 aromatic rings. The lowest BCUT2D eigenvalue weighted by Gasteiger charge is -2.19. The molecule has 0 radical (unpaired) electrons. The van der Waals surface area contributed by atoms with Crippen LogP contribution >= 0.6 is 0 Å². The molecule has 9 heteroatoms. The summed E-state index contributed by atoms with van der Waals surface area (Å²) >= 11 is 0. The van der Waals surface area contributed by atoms with E-state index in [-0.39, 0.29) is 31.1 Å². The molecule has 0 aliphatic rings. The molecule has 0 atom stereocenters. The molecule has 21 heavy (non-hydrogen) atoms. The van der Waals surface area contributed by atoms with E-state index in [1.165, 1.54) is 4.68 Å². The third kappa shape index (κ3) is 4.01. The van der Waals surface area contributed by atoms with Gasteiger partial charge in [0.25, 0.3) is 0 Å². The first kappa shape index (κ1) is 17.6. The van der Waals surface area contributed by atoms with Crippen molar-refractivity contribution in [3.8, 4) is 0 Å². The van der Waals surface area contributed by atoms with Crippen molar-refractivity contribution < 1.29 is 17.9 Å². The van der Waals surface area contributed by atoms with Crippen molar-refractivity contribution in [2.45, 2.75) is 45.5 Å². The van der Waals surface area contributed by atoms with E-state index >= 15 is 0 Å². The van der Waals surface area contributed by atoms with Crippen LogP contribution in [-0.4, -0.2) is 46.5 Å². The Morgan fingerprint density at radius 3 is 2.48 bits per heavy atom. The van der Waals surface area contributed by atoms with E-state index in [0.717, 1.165) is 0 Å². The Morgan fingerprint density at radius 2 is 2.00 bits per heavy atom. The van der Waals surface area contributed by atoms with Crippen LogP contribution in [0.15, 0.2) is 0 Å². The molecule has 0 aromatic carbocycles. The molecule has 1 aromatic heterocycles. The SMILES string of the molecule is CCOC(=O)c1nnn(CCS(=O)(=O)C(C)(C)C)c1CN. The van der Waals surface area contributed by atoms with Crippen molar-refractivity contribution in [1.82, 2.24) is 15.0 Å². The summed E-state index contributed by atoms with van der Waals surface area (Å²) in [4.78, 5) is 11.7. The van der Waals surface area contributed by atoms with Crippen molar-refractivity contribution in [2.24, 2.45) is 5.73 Å². The predicted molar refractivity (Wildman–Crippen MR) is 77.4 cm³/mol. The smallest absolute Gasteiger partial charge is 0.360 e. The van der Waals surface area contributed by atoms with Gasteiger partial charge >= 0.3 is 5.97 Å². The summed E-state index contributed by atoms with van der Waals surface area (Å²) < 4.78 is 29.5. The molecule has 1 rings (SSSR count). The average molecular weight is 318 g/mol. The highest BCUT2D eigenvalue weighted by Gasteiger charge is 2.29. The van der Waals surface area contributed by atoms with Crippen LogP contribution in [-0.2, 0) is 27.7 Å². The number of esters is 1. The largest absolute Gasteiger partial charge is 0.461 e. The third-order valence-corrected chi connectivity index (χ3v) is 5.59. The summed E-state index contributed by atoms with van der Waals surface area (Å²) in [6.45, 7) is 6.93. The van der Waals surface area contributed by atoms with Gasteiger partial charge in [-0.05, 0) is 27.7 Å².